The molecule has 138 heavy (non-hydrogen) atoms. The van der Waals surface area contributed by atoms with Gasteiger partial charge in [0.2, 0.25) is 23.6 Å². The van der Waals surface area contributed by atoms with E-state index >= 15 is 0 Å². The first kappa shape index (κ1) is 89.5. The molecular weight excluding hydrogens is 1730 g/mol. The van der Waals surface area contributed by atoms with E-state index in [0.717, 1.165) is 139 Å². The molecule has 20 nitrogen and oxygen atoms in total. The molecule has 17 aromatic rings. The highest BCUT2D eigenvalue weighted by atomic mass is 32.1. The SMILES string of the molecule is O=C(CC1C(=O)N2c3cccnc3C(Cc3ccccc3)C12)Nc1ccccc1.O=C(Cc1ccccc1)CC1C(=O)N2c3cccnc3C(Cc3ccccc3)C12.O=C(Nc1ccccc1)C1=CC(c2cccnc2)CC1c1ccccc1.O=C1C(CCNc2ccccc2)C2C(Cc3ccccc3)c3ncccc3N12.O=c1c2sc(-c3cccnc3)nc2c2ccccc2n1-c1ccccc1. The highest BCUT2D eigenvalue weighted by molar-refractivity contribution is 7.21. The number of carbonyl (C=O) groups is 6. The van der Waals surface area contributed by atoms with Gasteiger partial charge in [0.05, 0.1) is 81.1 Å². The predicted molar refractivity (Wildman–Crippen MR) is 545 cm³/mol. The van der Waals surface area contributed by atoms with Gasteiger partial charge >= 0.3 is 0 Å². The van der Waals surface area contributed by atoms with E-state index in [9.17, 15) is 33.6 Å². The van der Waals surface area contributed by atoms with Gasteiger partial charge in [0.15, 0.2) is 0 Å². The number of amides is 5. The highest BCUT2D eigenvalue weighted by Gasteiger charge is 2.60. The molecule has 680 valence electrons. The molecule has 0 radical (unpaired) electrons. The first-order valence-electron chi connectivity index (χ1n) is 47.0. The molecule has 0 spiro atoms. The third-order valence-corrected chi connectivity index (χ3v) is 28.2. The molecule has 3 N–H and O–H groups in total. The van der Waals surface area contributed by atoms with E-state index in [2.05, 4.69) is 126 Å². The van der Waals surface area contributed by atoms with Crippen LogP contribution in [0.4, 0.5) is 34.1 Å². The number of hydrogen-bond acceptors (Lipinski definition) is 15. The Balaban J connectivity index is 0.000000106. The molecule has 5 amide bonds. The van der Waals surface area contributed by atoms with E-state index in [-0.39, 0.29) is 113 Å². The molecule has 13 heterocycles. The van der Waals surface area contributed by atoms with Crippen LogP contribution in [-0.4, -0.2) is 94.5 Å². The zero-order valence-electron chi connectivity index (χ0n) is 75.6. The minimum atomic E-state index is -0.318. The van der Waals surface area contributed by atoms with Gasteiger partial charge in [0, 0.05) is 138 Å². The van der Waals surface area contributed by atoms with Crippen molar-refractivity contribution < 1.29 is 28.8 Å². The van der Waals surface area contributed by atoms with E-state index in [4.69, 9.17) is 4.98 Å². The minimum Gasteiger partial charge on any atom is -0.385 e. The molecule has 0 bridgehead atoms. The fourth-order valence-electron chi connectivity index (χ4n) is 20.8. The third-order valence-electron chi connectivity index (χ3n) is 27.1. The first-order chi connectivity index (χ1) is 67.9. The van der Waals surface area contributed by atoms with Crippen molar-refractivity contribution in [3.05, 3.63) is 474 Å². The van der Waals surface area contributed by atoms with Gasteiger partial charge in [0.25, 0.3) is 11.5 Å². The van der Waals surface area contributed by atoms with Crippen molar-refractivity contribution in [2.45, 2.75) is 99.1 Å². The summed E-state index contributed by atoms with van der Waals surface area (Å²) in [5.74, 6) is 0.531. The predicted octanol–water partition coefficient (Wildman–Crippen LogP) is 21.6. The van der Waals surface area contributed by atoms with Crippen LogP contribution in [0.25, 0.3) is 37.4 Å². The summed E-state index contributed by atoms with van der Waals surface area (Å²) in [5.41, 5.74) is 19.7. The topological polar surface area (TPSA) is 248 Å². The van der Waals surface area contributed by atoms with Gasteiger partial charge in [-0.1, -0.05) is 255 Å². The summed E-state index contributed by atoms with van der Waals surface area (Å²) < 4.78 is 2.43. The minimum absolute atomic E-state index is 0.0167. The molecule has 0 saturated carbocycles. The molecule has 3 saturated heterocycles. The highest BCUT2D eigenvalue weighted by Crippen LogP contribution is 2.55. The zero-order valence-corrected chi connectivity index (χ0v) is 76.5. The molecule has 6 aliphatic heterocycles. The van der Waals surface area contributed by atoms with Crippen molar-refractivity contribution in [1.82, 2.24) is 34.5 Å². The molecule has 7 aromatic heterocycles. The van der Waals surface area contributed by atoms with Crippen LogP contribution in [0.3, 0.4) is 0 Å². The Morgan fingerprint density at radius 3 is 1.33 bits per heavy atom. The van der Waals surface area contributed by atoms with Crippen LogP contribution < -0.4 is 36.2 Å². The van der Waals surface area contributed by atoms with Crippen LogP contribution in [-0.2, 0) is 54.5 Å². The fourth-order valence-corrected chi connectivity index (χ4v) is 21.8. The molecule has 1 aliphatic carbocycles. The Labute approximate surface area is 804 Å². The number of β-lactam (4-membered cyclic amide) rings is 3. The van der Waals surface area contributed by atoms with Crippen LogP contribution in [0, 0.1) is 17.8 Å². The lowest BCUT2D eigenvalue weighted by atomic mass is 9.76. The summed E-state index contributed by atoms with van der Waals surface area (Å²) in [6.07, 6.45) is 19.8. The maximum atomic E-state index is 13.3. The Hall–Kier alpha value is -16.4. The quantitative estimate of drug-likeness (QED) is 0.0504. The molecule has 11 unspecified atom stereocenters. The van der Waals surface area contributed by atoms with Crippen LogP contribution >= 0.6 is 11.3 Å². The number of anilines is 6. The van der Waals surface area contributed by atoms with Crippen molar-refractivity contribution in [2.24, 2.45) is 17.8 Å². The largest absolute Gasteiger partial charge is 0.385 e. The maximum absolute atomic E-state index is 13.3. The number of nitrogens with one attached hydrogen (secondary N) is 3. The number of nitrogens with zero attached hydrogens (tertiary/aromatic N) is 10. The summed E-state index contributed by atoms with van der Waals surface area (Å²) in [4.78, 5) is 123. The van der Waals surface area contributed by atoms with E-state index < -0.39 is 0 Å². The number of fused-ring (bicyclic) bond motifs is 12. The van der Waals surface area contributed by atoms with Crippen LogP contribution in [0.2, 0.25) is 0 Å². The second-order valence-electron chi connectivity index (χ2n) is 35.6. The monoisotopic (exact) mass is 1830 g/mol. The summed E-state index contributed by atoms with van der Waals surface area (Å²) in [6, 6.07) is 118. The Bertz CT molecular complexity index is 7120. The number of hydrogen-bond donors (Lipinski definition) is 3. The Kier molecular flexibility index (Phi) is 26.7. The Morgan fingerprint density at radius 2 is 0.819 bits per heavy atom. The van der Waals surface area contributed by atoms with E-state index in [1.165, 1.54) is 33.6 Å². The number of para-hydroxylation sites is 5. The summed E-state index contributed by atoms with van der Waals surface area (Å²) in [6.45, 7) is 0.798. The lowest BCUT2D eigenvalue weighted by molar-refractivity contribution is -0.134. The van der Waals surface area contributed by atoms with Gasteiger partial charge in [-0.2, -0.15) is 0 Å². The zero-order chi connectivity index (χ0) is 93.8. The maximum Gasteiger partial charge on any atom is 0.275 e. The number of Topliss-reactive ketones (excluding diaryl/α,β-unsaturated/α-hetero) is 1. The molecule has 10 aromatic carbocycles. The number of pyridine rings is 6. The van der Waals surface area contributed by atoms with Crippen molar-refractivity contribution in [2.75, 3.05) is 37.2 Å². The second-order valence-corrected chi connectivity index (χ2v) is 36.6. The molecule has 7 aliphatic rings. The van der Waals surface area contributed by atoms with Crippen molar-refractivity contribution >= 4 is 102 Å². The molecule has 21 heteroatoms. The van der Waals surface area contributed by atoms with E-state index in [0.29, 0.717) is 17.5 Å². The number of benzene rings is 10. The van der Waals surface area contributed by atoms with E-state index in [1.54, 1.807) is 35.6 Å². The molecular formula is C117H99N13O7S. The van der Waals surface area contributed by atoms with Crippen molar-refractivity contribution in [1.29, 1.82) is 0 Å². The lowest BCUT2D eigenvalue weighted by Gasteiger charge is -2.45. The van der Waals surface area contributed by atoms with Gasteiger partial charge in [-0.15, -0.1) is 11.3 Å². The van der Waals surface area contributed by atoms with Gasteiger partial charge < -0.3 is 30.7 Å². The average molecular weight is 1830 g/mol. The second kappa shape index (κ2) is 41.2. The smallest absolute Gasteiger partial charge is 0.275 e. The van der Waals surface area contributed by atoms with Crippen molar-refractivity contribution in [3.63, 3.8) is 0 Å². The normalized spacial score (nSPS) is 19.4. The lowest BCUT2D eigenvalue weighted by Crippen LogP contribution is -2.61. The molecule has 3 fully saturated rings. The van der Waals surface area contributed by atoms with Crippen LogP contribution in [0.15, 0.2) is 418 Å². The number of allylic oxidation sites excluding steroid dienone is 1. The van der Waals surface area contributed by atoms with Crippen molar-refractivity contribution in [3.8, 4) is 16.3 Å². The first-order valence-corrected chi connectivity index (χ1v) is 47.8. The van der Waals surface area contributed by atoms with E-state index in [1.807, 2.05) is 306 Å². The van der Waals surface area contributed by atoms with Gasteiger partial charge in [0.1, 0.15) is 15.5 Å². The molecule has 24 rings (SSSR count). The average Bonchev–Trinajstić information content (AvgIpc) is 1.56. The summed E-state index contributed by atoms with van der Waals surface area (Å²) in [5, 5.41) is 11.2. The number of rotatable bonds is 23. The van der Waals surface area contributed by atoms with Gasteiger partial charge in [-0.3, -0.25) is 63.0 Å². The standard InChI is InChI=1S/C25H22N2O2.C24H21N3O2.C24H23N3O.C23H20N2O.C21H13N3OS/c28-19(14-17-8-3-1-4-9-17)16-21-24-20(15-18-10-5-2-6-11-18)23-22(12-7-13-26-23)27(24)25(21)29;28-21(26-17-10-5-2-6-11-17)15-19-23-18(14-16-8-3-1-4-9-16)22-20(12-7-13-25-22)27(23)24(19)29;28-24-19(13-15-25-18-10-5-2-6-11-18)23-20(16-17-8-3-1-4-9-17)22-21(27(23)24)12-7-14-26-22;26-23(25-20-11-5-2-6-12-20)22-15-19(18-10-7-13-24-16-18)14-21(22)17-8-3-1-4-9-17;25-21-19-18(23-20(26-19)14-7-6-12-22-13-14)16-10-4-5-11-17(16)24(21)15-8-2-1-3-9-15/h1-13,20-21,24H,14-16H2;1-13,18-19,23H,14-15H2,(H,26,28);1-12,14,19-20,23,25H,13,15-16H2;1-13,15-16,19,21H,14H2,(H,25,26);1-13H. The van der Waals surface area contributed by atoms with Crippen LogP contribution in [0.1, 0.15) is 106 Å². The Morgan fingerprint density at radius 1 is 0.391 bits per heavy atom. The van der Waals surface area contributed by atoms with Crippen LogP contribution in [0.5, 0.6) is 0 Å². The number of ketones is 1. The summed E-state index contributed by atoms with van der Waals surface area (Å²) in [7, 11) is 0. The third kappa shape index (κ3) is 19.0. The number of aromatic nitrogens is 7. The number of carbonyl (C=O) groups excluding carboxylic acids is 6. The van der Waals surface area contributed by atoms with Gasteiger partial charge in [-0.05, 0) is 175 Å². The fraction of sp³-hybridized carbons (Fsp3) is 0.171. The molecule has 11 atom stereocenters. The number of thiazole rings is 1. The summed E-state index contributed by atoms with van der Waals surface area (Å²) >= 11 is 1.42. The van der Waals surface area contributed by atoms with Gasteiger partial charge in [-0.25, -0.2) is 4.98 Å².